The molecule has 0 aliphatic rings. The molecule has 1 atom stereocenters. The van der Waals surface area contributed by atoms with Crippen LogP contribution >= 0.6 is 11.3 Å². The van der Waals surface area contributed by atoms with Crippen LogP contribution in [0.15, 0.2) is 0 Å². The summed E-state index contributed by atoms with van der Waals surface area (Å²) in [6, 6.07) is 0. The molecule has 5 heteroatoms. The summed E-state index contributed by atoms with van der Waals surface area (Å²) in [6.07, 6.45) is 0.859. The van der Waals surface area contributed by atoms with Gasteiger partial charge in [0.2, 0.25) is 0 Å². The highest BCUT2D eigenvalue weighted by Gasteiger charge is 2.09. The minimum Gasteiger partial charge on any atom is -0.396 e. The molecule has 1 rings (SSSR count). The van der Waals surface area contributed by atoms with Crippen molar-refractivity contribution in [1.29, 1.82) is 0 Å². The number of thiazole rings is 1. The van der Waals surface area contributed by atoms with Gasteiger partial charge in [0.25, 0.3) is 0 Å². The number of aliphatic hydroxyl groups excluding tert-OH is 1. The Morgan fingerprint density at radius 3 is 2.71 bits per heavy atom. The normalized spacial score (nSPS) is 12.8. The van der Waals surface area contributed by atoms with Gasteiger partial charge in [-0.15, -0.1) is 11.3 Å². The fraction of sp³-hybridized carbons (Fsp3) is 0.750. The molecule has 0 aromatic carbocycles. The Hall–Kier alpha value is -0.650. The molecule has 0 saturated heterocycles. The smallest absolute Gasteiger partial charge is 0.185 e. The molecule has 17 heavy (non-hydrogen) atoms. The number of anilines is 1. The summed E-state index contributed by atoms with van der Waals surface area (Å²) in [6.45, 7) is 6.28. The summed E-state index contributed by atoms with van der Waals surface area (Å²) in [5.41, 5.74) is 1.11. The first-order valence-corrected chi connectivity index (χ1v) is 6.81. The molecule has 0 bridgehead atoms. The number of aromatic nitrogens is 1. The van der Waals surface area contributed by atoms with Gasteiger partial charge in [0.05, 0.1) is 5.69 Å². The number of aliphatic hydroxyl groups is 1. The van der Waals surface area contributed by atoms with Gasteiger partial charge in [0, 0.05) is 32.1 Å². The van der Waals surface area contributed by atoms with Gasteiger partial charge < -0.3 is 15.3 Å². The Kier molecular flexibility index (Phi) is 5.88. The lowest BCUT2D eigenvalue weighted by Crippen LogP contribution is -2.21. The lowest BCUT2D eigenvalue weighted by atomic mass is 10.1. The van der Waals surface area contributed by atoms with Crippen molar-refractivity contribution in [2.75, 3.05) is 32.1 Å². The van der Waals surface area contributed by atoms with Crippen molar-refractivity contribution in [2.45, 2.75) is 26.8 Å². The third-order valence-corrected chi connectivity index (χ3v) is 3.99. The highest BCUT2D eigenvalue weighted by atomic mass is 32.1. The summed E-state index contributed by atoms with van der Waals surface area (Å²) < 4.78 is 0. The molecular formula is C12H23N3OS. The Balaban J connectivity index is 2.41. The first-order chi connectivity index (χ1) is 8.04. The van der Waals surface area contributed by atoms with Crippen LogP contribution in [0.2, 0.25) is 0 Å². The van der Waals surface area contributed by atoms with E-state index in [-0.39, 0.29) is 6.61 Å². The maximum absolute atomic E-state index is 8.82. The van der Waals surface area contributed by atoms with Gasteiger partial charge in [-0.3, -0.25) is 0 Å². The van der Waals surface area contributed by atoms with E-state index in [1.807, 2.05) is 19.0 Å². The van der Waals surface area contributed by atoms with Crippen LogP contribution in [-0.2, 0) is 6.54 Å². The number of aryl methyl sites for hydroxylation is 1. The predicted octanol–water partition coefficient (Wildman–Crippen LogP) is 1.63. The molecule has 0 amide bonds. The maximum atomic E-state index is 8.82. The quantitative estimate of drug-likeness (QED) is 0.779. The number of nitrogens with zero attached hydrogens (tertiary/aromatic N) is 2. The lowest BCUT2D eigenvalue weighted by Gasteiger charge is -2.10. The molecule has 1 aromatic rings. The summed E-state index contributed by atoms with van der Waals surface area (Å²) >= 11 is 1.74. The molecule has 1 aromatic heterocycles. The Bertz CT molecular complexity index is 338. The topological polar surface area (TPSA) is 48.4 Å². The van der Waals surface area contributed by atoms with Crippen LogP contribution in [0.1, 0.15) is 23.9 Å². The van der Waals surface area contributed by atoms with E-state index >= 15 is 0 Å². The average molecular weight is 257 g/mol. The highest BCUT2D eigenvalue weighted by molar-refractivity contribution is 7.15. The molecule has 0 radical (unpaired) electrons. The monoisotopic (exact) mass is 257 g/mol. The van der Waals surface area contributed by atoms with E-state index in [0.717, 1.165) is 30.3 Å². The molecule has 1 unspecified atom stereocenters. The molecule has 1 heterocycles. The third kappa shape index (κ3) is 4.61. The molecule has 98 valence electrons. The van der Waals surface area contributed by atoms with Gasteiger partial charge in [-0.1, -0.05) is 6.92 Å². The highest BCUT2D eigenvalue weighted by Crippen LogP contribution is 2.24. The van der Waals surface area contributed by atoms with Crippen LogP contribution in [0.5, 0.6) is 0 Å². The summed E-state index contributed by atoms with van der Waals surface area (Å²) in [5.74, 6) is 0.515. The zero-order chi connectivity index (χ0) is 12.8. The molecular weight excluding hydrogens is 234 g/mol. The minimum absolute atomic E-state index is 0.271. The van der Waals surface area contributed by atoms with E-state index in [0.29, 0.717) is 5.92 Å². The first kappa shape index (κ1) is 14.4. The number of nitrogens with one attached hydrogen (secondary N) is 1. The van der Waals surface area contributed by atoms with E-state index in [9.17, 15) is 0 Å². The predicted molar refractivity (Wildman–Crippen MR) is 73.8 cm³/mol. The average Bonchev–Trinajstić information content (AvgIpc) is 2.61. The zero-order valence-corrected chi connectivity index (χ0v) is 12.0. The van der Waals surface area contributed by atoms with Gasteiger partial charge in [-0.25, -0.2) is 4.98 Å². The second kappa shape index (κ2) is 6.93. The number of hydrogen-bond donors (Lipinski definition) is 2. The molecule has 0 fully saturated rings. The molecule has 4 nitrogen and oxygen atoms in total. The fourth-order valence-electron chi connectivity index (χ4n) is 1.52. The summed E-state index contributed by atoms with van der Waals surface area (Å²) in [7, 11) is 4.03. The fourth-order valence-corrected chi connectivity index (χ4v) is 2.48. The number of rotatable bonds is 7. The Labute approximate surface area is 108 Å². The number of hydrogen-bond acceptors (Lipinski definition) is 5. The molecule has 0 aliphatic carbocycles. The van der Waals surface area contributed by atoms with Crippen molar-refractivity contribution in [3.63, 3.8) is 0 Å². The second-order valence-corrected chi connectivity index (χ2v) is 5.71. The van der Waals surface area contributed by atoms with Crippen molar-refractivity contribution < 1.29 is 5.11 Å². The van der Waals surface area contributed by atoms with Crippen LogP contribution < -0.4 is 10.2 Å². The lowest BCUT2D eigenvalue weighted by molar-refractivity contribution is 0.260. The van der Waals surface area contributed by atoms with E-state index in [2.05, 4.69) is 24.1 Å². The second-order valence-electron chi connectivity index (χ2n) is 4.65. The zero-order valence-electron chi connectivity index (χ0n) is 11.2. The van der Waals surface area contributed by atoms with Crippen LogP contribution in [0, 0.1) is 12.8 Å². The largest absolute Gasteiger partial charge is 0.396 e. The van der Waals surface area contributed by atoms with Gasteiger partial charge in [-0.2, -0.15) is 0 Å². The summed E-state index contributed by atoms with van der Waals surface area (Å²) in [5, 5.41) is 13.3. The summed E-state index contributed by atoms with van der Waals surface area (Å²) in [4.78, 5) is 7.84. The van der Waals surface area contributed by atoms with Crippen molar-refractivity contribution in [2.24, 2.45) is 5.92 Å². The van der Waals surface area contributed by atoms with Crippen molar-refractivity contribution >= 4 is 16.5 Å². The van der Waals surface area contributed by atoms with Crippen LogP contribution in [0.4, 0.5) is 5.13 Å². The van der Waals surface area contributed by atoms with Gasteiger partial charge in [0.15, 0.2) is 5.13 Å². The molecule has 0 spiro atoms. The van der Waals surface area contributed by atoms with E-state index in [1.165, 1.54) is 4.88 Å². The molecule has 0 saturated carbocycles. The van der Waals surface area contributed by atoms with E-state index in [1.54, 1.807) is 11.3 Å². The molecule has 0 aliphatic heterocycles. The Morgan fingerprint density at radius 1 is 1.47 bits per heavy atom. The first-order valence-electron chi connectivity index (χ1n) is 5.99. The minimum atomic E-state index is 0.271. The van der Waals surface area contributed by atoms with Crippen molar-refractivity contribution in [3.05, 3.63) is 10.6 Å². The van der Waals surface area contributed by atoms with E-state index in [4.69, 9.17) is 5.11 Å². The van der Waals surface area contributed by atoms with Crippen LogP contribution in [0.25, 0.3) is 0 Å². The van der Waals surface area contributed by atoms with Crippen LogP contribution in [-0.4, -0.2) is 37.3 Å². The van der Waals surface area contributed by atoms with Crippen molar-refractivity contribution in [1.82, 2.24) is 10.3 Å². The van der Waals surface area contributed by atoms with E-state index < -0.39 is 0 Å². The SMILES string of the molecule is Cc1nc(N(C)C)sc1CNCC(C)CCO. The molecule has 2 N–H and O–H groups in total. The van der Waals surface area contributed by atoms with Crippen molar-refractivity contribution in [3.8, 4) is 0 Å². The van der Waals surface area contributed by atoms with Gasteiger partial charge in [0.1, 0.15) is 0 Å². The standard InChI is InChI=1S/C12H23N3OS/c1-9(5-6-16)7-13-8-11-10(2)14-12(17-11)15(3)4/h9,13,16H,5-8H2,1-4H3. The van der Waals surface area contributed by atoms with Gasteiger partial charge in [-0.05, 0) is 25.8 Å². The van der Waals surface area contributed by atoms with Gasteiger partial charge >= 0.3 is 0 Å². The third-order valence-electron chi connectivity index (χ3n) is 2.66. The Morgan fingerprint density at radius 2 is 2.18 bits per heavy atom. The van der Waals surface area contributed by atoms with Crippen LogP contribution in [0.3, 0.4) is 0 Å². The maximum Gasteiger partial charge on any atom is 0.185 e.